The molecule has 170 valence electrons. The van der Waals surface area contributed by atoms with E-state index in [0.717, 1.165) is 48.8 Å². The van der Waals surface area contributed by atoms with Gasteiger partial charge in [-0.15, -0.1) is 10.2 Å². The Morgan fingerprint density at radius 1 is 1.09 bits per heavy atom. The number of hydrogen-bond acceptors (Lipinski definition) is 5. The first-order valence-corrected chi connectivity index (χ1v) is 11.6. The van der Waals surface area contributed by atoms with Gasteiger partial charge in [0.25, 0.3) is 11.5 Å². The zero-order valence-electron chi connectivity index (χ0n) is 18.4. The maximum absolute atomic E-state index is 13.2. The topological polar surface area (TPSA) is 86.6 Å². The van der Waals surface area contributed by atoms with E-state index in [1.807, 2.05) is 35.2 Å². The number of rotatable bonds is 5. The Kier molecular flexibility index (Phi) is 5.86. The lowest BCUT2D eigenvalue weighted by atomic mass is 10.1. The van der Waals surface area contributed by atoms with Crippen LogP contribution < -0.4 is 5.56 Å². The van der Waals surface area contributed by atoms with E-state index in [0.29, 0.717) is 24.2 Å². The average Bonchev–Trinajstić information content (AvgIpc) is 3.24. The molecule has 2 aromatic heterocycles. The Labute approximate surface area is 195 Å². The molecule has 33 heavy (non-hydrogen) atoms. The SMILES string of the molecule is CCCc1nnc2c(=O)[nH]c3cc(C(=O)N4CCN(Cc5cccc(Cl)c5)CC4)ccc3n12. The number of benzene rings is 2. The molecule has 1 N–H and O–H groups in total. The van der Waals surface area contributed by atoms with Crippen molar-refractivity contribution in [2.24, 2.45) is 0 Å². The molecule has 0 radical (unpaired) electrons. The molecule has 0 saturated carbocycles. The zero-order chi connectivity index (χ0) is 22.9. The summed E-state index contributed by atoms with van der Waals surface area (Å²) in [6, 6.07) is 13.3. The van der Waals surface area contributed by atoms with Gasteiger partial charge in [0.2, 0.25) is 5.65 Å². The lowest BCUT2D eigenvalue weighted by molar-refractivity contribution is 0.0628. The maximum Gasteiger partial charge on any atom is 0.294 e. The number of carbonyl (C=O) groups is 1. The molecule has 2 aromatic carbocycles. The van der Waals surface area contributed by atoms with E-state index in [4.69, 9.17) is 11.6 Å². The first-order valence-electron chi connectivity index (χ1n) is 11.2. The average molecular weight is 465 g/mol. The fraction of sp³-hybridized carbons (Fsp3) is 0.333. The molecule has 0 atom stereocenters. The molecule has 0 aliphatic carbocycles. The smallest absolute Gasteiger partial charge is 0.294 e. The minimum atomic E-state index is -0.309. The zero-order valence-corrected chi connectivity index (χ0v) is 19.2. The van der Waals surface area contributed by atoms with E-state index in [2.05, 4.69) is 33.1 Å². The van der Waals surface area contributed by atoms with Crippen LogP contribution in [0.2, 0.25) is 5.02 Å². The number of nitrogens with one attached hydrogen (secondary N) is 1. The third-order valence-corrected chi connectivity index (χ3v) is 6.33. The summed E-state index contributed by atoms with van der Waals surface area (Å²) < 4.78 is 1.79. The van der Waals surface area contributed by atoms with Crippen LogP contribution in [0.1, 0.15) is 35.1 Å². The van der Waals surface area contributed by atoms with Gasteiger partial charge >= 0.3 is 0 Å². The van der Waals surface area contributed by atoms with Gasteiger partial charge in [-0.2, -0.15) is 0 Å². The van der Waals surface area contributed by atoms with Crippen molar-refractivity contribution < 1.29 is 4.79 Å². The van der Waals surface area contributed by atoms with Crippen LogP contribution in [0.5, 0.6) is 0 Å². The van der Waals surface area contributed by atoms with Crippen LogP contribution in [-0.2, 0) is 13.0 Å². The molecule has 1 fully saturated rings. The normalized spacial score (nSPS) is 14.9. The molecule has 1 amide bonds. The number of aromatic amines is 1. The van der Waals surface area contributed by atoms with Crippen LogP contribution in [0.15, 0.2) is 47.3 Å². The van der Waals surface area contributed by atoms with E-state index in [1.165, 1.54) is 5.56 Å². The minimum absolute atomic E-state index is 0.0298. The Morgan fingerprint density at radius 3 is 2.67 bits per heavy atom. The predicted octanol–water partition coefficient (Wildman–Crippen LogP) is 3.13. The molecule has 0 spiro atoms. The number of halogens is 1. The Balaban J connectivity index is 1.34. The number of carbonyl (C=O) groups excluding carboxylic acids is 1. The molecule has 1 saturated heterocycles. The number of hydrogen-bond donors (Lipinski definition) is 1. The molecule has 4 aromatic rings. The number of amides is 1. The number of H-pyrrole nitrogens is 1. The third-order valence-electron chi connectivity index (χ3n) is 6.09. The first kappa shape index (κ1) is 21.6. The van der Waals surface area contributed by atoms with E-state index in [-0.39, 0.29) is 17.1 Å². The predicted molar refractivity (Wildman–Crippen MR) is 128 cm³/mol. The molecule has 8 nitrogen and oxygen atoms in total. The van der Waals surface area contributed by atoms with Gasteiger partial charge < -0.3 is 9.88 Å². The van der Waals surface area contributed by atoms with Crippen molar-refractivity contribution >= 4 is 34.2 Å². The first-order chi connectivity index (χ1) is 16.0. The van der Waals surface area contributed by atoms with Gasteiger partial charge in [0, 0.05) is 49.7 Å². The van der Waals surface area contributed by atoms with E-state index < -0.39 is 0 Å². The Morgan fingerprint density at radius 2 is 1.91 bits per heavy atom. The number of fused-ring (bicyclic) bond motifs is 3. The largest absolute Gasteiger partial charge is 0.336 e. The molecule has 5 rings (SSSR count). The maximum atomic E-state index is 13.2. The minimum Gasteiger partial charge on any atom is -0.336 e. The van der Waals surface area contributed by atoms with E-state index in [9.17, 15) is 9.59 Å². The van der Waals surface area contributed by atoms with Gasteiger partial charge in [-0.05, 0) is 42.3 Å². The molecule has 3 heterocycles. The lowest BCUT2D eigenvalue weighted by Gasteiger charge is -2.34. The Bertz CT molecular complexity index is 1390. The standard InChI is InChI=1S/C24H25ClN6O2/c1-2-4-21-27-28-22-23(32)26-19-14-17(7-8-20(19)31(21)22)24(33)30-11-9-29(10-12-30)15-16-5-3-6-18(25)13-16/h3,5-8,13-14H,2,4,9-12,15H2,1H3,(H,26,32). The van der Waals surface area contributed by atoms with Crippen LogP contribution in [0.4, 0.5) is 0 Å². The highest BCUT2D eigenvalue weighted by Crippen LogP contribution is 2.19. The summed E-state index contributed by atoms with van der Waals surface area (Å²) in [6.07, 6.45) is 1.62. The summed E-state index contributed by atoms with van der Waals surface area (Å²) in [5.41, 5.74) is 3.10. The fourth-order valence-electron chi connectivity index (χ4n) is 4.43. The Hall–Kier alpha value is -3.23. The van der Waals surface area contributed by atoms with Gasteiger partial charge in [0.15, 0.2) is 0 Å². The summed E-state index contributed by atoms with van der Waals surface area (Å²) in [5, 5.41) is 8.95. The molecule has 1 aliphatic heterocycles. The van der Waals surface area contributed by atoms with Gasteiger partial charge in [-0.3, -0.25) is 18.9 Å². The van der Waals surface area contributed by atoms with Crippen molar-refractivity contribution in [1.29, 1.82) is 0 Å². The molecule has 0 unspecified atom stereocenters. The number of piperazine rings is 1. The van der Waals surface area contributed by atoms with Crippen molar-refractivity contribution in [3.05, 3.63) is 74.8 Å². The molecular formula is C24H25ClN6O2. The summed E-state index contributed by atoms with van der Waals surface area (Å²) in [5.74, 6) is 0.719. The highest BCUT2D eigenvalue weighted by molar-refractivity contribution is 6.30. The molecule has 1 aliphatic rings. The molecular weight excluding hydrogens is 440 g/mol. The quantitative estimate of drug-likeness (QED) is 0.490. The van der Waals surface area contributed by atoms with Crippen molar-refractivity contribution in [3.63, 3.8) is 0 Å². The summed E-state index contributed by atoms with van der Waals surface area (Å²) in [4.78, 5) is 32.7. The third kappa shape index (κ3) is 4.24. The van der Waals surface area contributed by atoms with Crippen molar-refractivity contribution in [3.8, 4) is 0 Å². The highest BCUT2D eigenvalue weighted by atomic mass is 35.5. The fourth-order valence-corrected chi connectivity index (χ4v) is 4.64. The number of aromatic nitrogens is 4. The highest BCUT2D eigenvalue weighted by Gasteiger charge is 2.23. The van der Waals surface area contributed by atoms with Crippen LogP contribution >= 0.6 is 11.6 Å². The van der Waals surface area contributed by atoms with Crippen molar-refractivity contribution in [2.75, 3.05) is 26.2 Å². The van der Waals surface area contributed by atoms with Crippen LogP contribution in [0.3, 0.4) is 0 Å². The van der Waals surface area contributed by atoms with Gasteiger partial charge in [-0.25, -0.2) is 0 Å². The second-order valence-corrected chi connectivity index (χ2v) is 8.85. The molecule has 9 heteroatoms. The summed E-state index contributed by atoms with van der Waals surface area (Å²) >= 11 is 6.09. The van der Waals surface area contributed by atoms with E-state index >= 15 is 0 Å². The van der Waals surface area contributed by atoms with Gasteiger partial charge in [-0.1, -0.05) is 30.7 Å². The lowest BCUT2D eigenvalue weighted by Crippen LogP contribution is -2.48. The number of aryl methyl sites for hydroxylation is 1. The molecule has 0 bridgehead atoms. The second-order valence-electron chi connectivity index (χ2n) is 8.41. The van der Waals surface area contributed by atoms with Crippen LogP contribution in [0, 0.1) is 0 Å². The monoisotopic (exact) mass is 464 g/mol. The number of nitrogens with zero attached hydrogens (tertiary/aromatic N) is 5. The van der Waals surface area contributed by atoms with E-state index in [1.54, 1.807) is 10.5 Å². The van der Waals surface area contributed by atoms with Crippen molar-refractivity contribution in [2.45, 2.75) is 26.3 Å². The van der Waals surface area contributed by atoms with Gasteiger partial charge in [0.05, 0.1) is 11.0 Å². The van der Waals surface area contributed by atoms with Gasteiger partial charge in [0.1, 0.15) is 5.82 Å². The summed E-state index contributed by atoms with van der Waals surface area (Å²) in [6.45, 7) is 5.77. The second kappa shape index (κ2) is 8.96. The van der Waals surface area contributed by atoms with Crippen molar-refractivity contribution in [1.82, 2.24) is 29.4 Å². The van der Waals surface area contributed by atoms with Crippen LogP contribution in [0.25, 0.3) is 16.7 Å². The van der Waals surface area contributed by atoms with Crippen LogP contribution in [-0.4, -0.2) is 61.5 Å². The summed E-state index contributed by atoms with van der Waals surface area (Å²) in [7, 11) is 0.